The minimum Gasteiger partial charge on any atom is -0.454 e. The van der Waals surface area contributed by atoms with Crippen molar-refractivity contribution in [1.29, 1.82) is 0 Å². The first kappa shape index (κ1) is 19.3. The maximum absolute atomic E-state index is 12.7. The zero-order valence-electron chi connectivity index (χ0n) is 16.3. The van der Waals surface area contributed by atoms with Gasteiger partial charge in [0.15, 0.2) is 16.7 Å². The molecule has 1 atom stereocenters. The van der Waals surface area contributed by atoms with Crippen molar-refractivity contribution in [3.63, 3.8) is 0 Å². The van der Waals surface area contributed by atoms with E-state index in [0.717, 1.165) is 17.5 Å². The Morgan fingerprint density at radius 2 is 1.97 bits per heavy atom. The molecule has 3 aromatic rings. The highest BCUT2D eigenvalue weighted by Crippen LogP contribution is 2.34. The molecule has 1 N–H and O–H groups in total. The molecule has 150 valence electrons. The molecule has 2 aromatic carbocycles. The Morgan fingerprint density at radius 3 is 2.76 bits per heavy atom. The number of amides is 1. The van der Waals surface area contributed by atoms with E-state index in [4.69, 9.17) is 9.47 Å². The van der Waals surface area contributed by atoms with Gasteiger partial charge in [-0.3, -0.25) is 4.79 Å². The predicted octanol–water partition coefficient (Wildman–Crippen LogP) is 3.74. The third kappa shape index (κ3) is 4.37. The summed E-state index contributed by atoms with van der Waals surface area (Å²) in [5.41, 5.74) is 1.85. The van der Waals surface area contributed by atoms with Crippen molar-refractivity contribution in [2.75, 3.05) is 12.1 Å². The molecule has 0 radical (unpaired) electrons. The van der Waals surface area contributed by atoms with Gasteiger partial charge in [0.2, 0.25) is 12.7 Å². The van der Waals surface area contributed by atoms with E-state index in [1.54, 1.807) is 18.2 Å². The Labute approximate surface area is 173 Å². The number of thioether (sulfide) groups is 1. The molecule has 0 fully saturated rings. The average Bonchev–Trinajstić information content (AvgIpc) is 3.35. The molecule has 0 spiro atoms. The number of fused-ring (bicyclic) bond motifs is 1. The zero-order valence-corrected chi connectivity index (χ0v) is 17.1. The topological polar surface area (TPSA) is 78.3 Å². The van der Waals surface area contributed by atoms with Crippen LogP contribution in [-0.2, 0) is 17.8 Å². The van der Waals surface area contributed by atoms with E-state index in [1.807, 2.05) is 25.1 Å². The normalized spacial score (nSPS) is 13.3. The van der Waals surface area contributed by atoms with E-state index in [9.17, 15) is 4.79 Å². The molecule has 1 amide bonds. The quantitative estimate of drug-likeness (QED) is 0.598. The van der Waals surface area contributed by atoms with Gasteiger partial charge in [-0.1, -0.05) is 42.1 Å². The van der Waals surface area contributed by atoms with Gasteiger partial charge in [-0.15, -0.1) is 10.2 Å². The van der Waals surface area contributed by atoms with E-state index < -0.39 is 0 Å². The number of nitrogens with one attached hydrogen (secondary N) is 1. The monoisotopic (exact) mass is 410 g/mol. The molecule has 7 nitrogen and oxygen atoms in total. The van der Waals surface area contributed by atoms with E-state index in [2.05, 4.69) is 39.1 Å². The number of benzene rings is 2. The molecule has 2 heterocycles. The minimum atomic E-state index is -0.334. The third-order valence-corrected chi connectivity index (χ3v) is 5.69. The lowest BCUT2D eigenvalue weighted by Gasteiger charge is -2.13. The number of ether oxygens (including phenoxy) is 2. The summed E-state index contributed by atoms with van der Waals surface area (Å²) in [4.78, 5) is 12.7. The number of rotatable bonds is 7. The summed E-state index contributed by atoms with van der Waals surface area (Å²) in [5, 5.41) is 12.0. The smallest absolute Gasteiger partial charge is 0.237 e. The van der Waals surface area contributed by atoms with Gasteiger partial charge >= 0.3 is 0 Å². The van der Waals surface area contributed by atoms with Gasteiger partial charge in [-0.2, -0.15) is 0 Å². The third-order valence-electron chi connectivity index (χ3n) is 4.61. The SMILES string of the molecule is CCn1c(Cc2ccccc2)nnc1S[C@@H](C)C(=O)Nc1ccc2c(c1)OCO2. The Bertz CT molecular complexity index is 1010. The van der Waals surface area contributed by atoms with Crippen LogP contribution < -0.4 is 14.8 Å². The second-order valence-corrected chi connectivity index (χ2v) is 7.93. The number of hydrogen-bond acceptors (Lipinski definition) is 6. The maximum atomic E-state index is 12.7. The second-order valence-electron chi connectivity index (χ2n) is 6.62. The van der Waals surface area contributed by atoms with Gasteiger partial charge in [0, 0.05) is 24.7 Å². The van der Waals surface area contributed by atoms with Crippen molar-refractivity contribution in [3.8, 4) is 11.5 Å². The lowest BCUT2D eigenvalue weighted by Crippen LogP contribution is -2.23. The van der Waals surface area contributed by atoms with Crippen LogP contribution in [-0.4, -0.2) is 32.7 Å². The molecule has 0 saturated carbocycles. The fraction of sp³-hybridized carbons (Fsp3) is 0.286. The van der Waals surface area contributed by atoms with Crippen LogP contribution in [0.3, 0.4) is 0 Å². The molecule has 0 unspecified atom stereocenters. The predicted molar refractivity (Wildman–Crippen MR) is 111 cm³/mol. The Hall–Kier alpha value is -3.00. The lowest BCUT2D eigenvalue weighted by molar-refractivity contribution is -0.115. The van der Waals surface area contributed by atoms with E-state index >= 15 is 0 Å². The molecular formula is C21H22N4O3S. The molecular weight excluding hydrogens is 388 g/mol. The Morgan fingerprint density at radius 1 is 1.17 bits per heavy atom. The Balaban J connectivity index is 1.42. The van der Waals surface area contributed by atoms with Crippen molar-refractivity contribution in [2.45, 2.75) is 37.2 Å². The molecule has 1 aromatic heterocycles. The van der Waals surface area contributed by atoms with Crippen LogP contribution in [0, 0.1) is 0 Å². The number of carbonyl (C=O) groups excluding carboxylic acids is 1. The number of nitrogens with zero attached hydrogens (tertiary/aromatic N) is 3. The highest BCUT2D eigenvalue weighted by atomic mass is 32.2. The summed E-state index contributed by atoms with van der Waals surface area (Å²) in [6.07, 6.45) is 0.708. The van der Waals surface area contributed by atoms with Crippen LogP contribution in [0.2, 0.25) is 0 Å². The summed E-state index contributed by atoms with van der Waals surface area (Å²) < 4.78 is 12.7. The van der Waals surface area contributed by atoms with Gasteiger partial charge in [0.1, 0.15) is 5.82 Å². The number of aromatic nitrogens is 3. The molecule has 1 aliphatic heterocycles. The highest BCUT2D eigenvalue weighted by molar-refractivity contribution is 8.00. The van der Waals surface area contributed by atoms with Gasteiger partial charge in [0.05, 0.1) is 5.25 Å². The van der Waals surface area contributed by atoms with Crippen LogP contribution >= 0.6 is 11.8 Å². The molecule has 29 heavy (non-hydrogen) atoms. The number of hydrogen-bond donors (Lipinski definition) is 1. The second kappa shape index (κ2) is 8.57. The molecule has 1 aliphatic rings. The fourth-order valence-corrected chi connectivity index (χ4v) is 3.99. The van der Waals surface area contributed by atoms with Gasteiger partial charge in [-0.25, -0.2) is 0 Å². The minimum absolute atomic E-state index is 0.107. The lowest BCUT2D eigenvalue weighted by atomic mass is 10.1. The zero-order chi connectivity index (χ0) is 20.2. The van der Waals surface area contributed by atoms with Crippen molar-refractivity contribution in [3.05, 3.63) is 59.9 Å². The van der Waals surface area contributed by atoms with Crippen LogP contribution in [0.1, 0.15) is 25.2 Å². The van der Waals surface area contributed by atoms with Gasteiger partial charge in [0.25, 0.3) is 0 Å². The number of anilines is 1. The first-order valence-corrected chi connectivity index (χ1v) is 10.3. The molecule has 0 saturated heterocycles. The molecule has 0 aliphatic carbocycles. The van der Waals surface area contributed by atoms with Crippen molar-refractivity contribution >= 4 is 23.4 Å². The van der Waals surface area contributed by atoms with Gasteiger partial charge < -0.3 is 19.4 Å². The van der Waals surface area contributed by atoms with Crippen LogP contribution in [0.4, 0.5) is 5.69 Å². The fourth-order valence-electron chi connectivity index (χ4n) is 3.06. The largest absolute Gasteiger partial charge is 0.454 e. The van der Waals surface area contributed by atoms with Gasteiger partial charge in [-0.05, 0) is 31.5 Å². The summed E-state index contributed by atoms with van der Waals surface area (Å²) in [7, 11) is 0. The van der Waals surface area contributed by atoms with Crippen LogP contribution in [0.25, 0.3) is 0 Å². The summed E-state index contributed by atoms with van der Waals surface area (Å²) in [5.74, 6) is 2.11. The Kier molecular flexibility index (Phi) is 5.71. The first-order chi connectivity index (χ1) is 14.1. The van der Waals surface area contributed by atoms with Crippen molar-refractivity contribution < 1.29 is 14.3 Å². The summed E-state index contributed by atoms with van der Waals surface area (Å²) >= 11 is 1.40. The molecule has 0 bridgehead atoms. The molecule has 8 heteroatoms. The van der Waals surface area contributed by atoms with E-state index in [-0.39, 0.29) is 18.0 Å². The van der Waals surface area contributed by atoms with Crippen molar-refractivity contribution in [2.24, 2.45) is 0 Å². The summed E-state index contributed by atoms with van der Waals surface area (Å²) in [6.45, 7) is 4.86. The standard InChI is InChI=1S/C21H22N4O3S/c1-3-25-19(11-15-7-5-4-6-8-15)23-24-21(25)29-14(2)20(26)22-16-9-10-17-18(12-16)28-13-27-17/h4-10,12,14H,3,11,13H2,1-2H3,(H,22,26)/t14-/m0/s1. The van der Waals surface area contributed by atoms with E-state index in [0.29, 0.717) is 23.6 Å². The van der Waals surface area contributed by atoms with Crippen molar-refractivity contribution in [1.82, 2.24) is 14.8 Å². The summed E-state index contributed by atoms with van der Waals surface area (Å²) in [6, 6.07) is 15.5. The van der Waals surface area contributed by atoms with E-state index in [1.165, 1.54) is 17.3 Å². The molecule has 4 rings (SSSR count). The van der Waals surface area contributed by atoms with Crippen LogP contribution in [0.5, 0.6) is 11.5 Å². The first-order valence-electron chi connectivity index (χ1n) is 9.47. The highest BCUT2D eigenvalue weighted by Gasteiger charge is 2.21. The number of carbonyl (C=O) groups is 1. The maximum Gasteiger partial charge on any atom is 0.237 e. The average molecular weight is 410 g/mol. The van der Waals surface area contributed by atoms with Crippen LogP contribution in [0.15, 0.2) is 53.7 Å².